The lowest BCUT2D eigenvalue weighted by molar-refractivity contribution is 0.326. The maximum atomic E-state index is 13.3. The summed E-state index contributed by atoms with van der Waals surface area (Å²) in [4.78, 5) is 13.3. The number of methoxy groups -OCH3 is 3. The molecule has 4 aromatic rings. The van der Waals surface area contributed by atoms with Gasteiger partial charge < -0.3 is 18.6 Å². The summed E-state index contributed by atoms with van der Waals surface area (Å²) in [5.41, 5.74) is 1.54. The molecule has 5 nitrogen and oxygen atoms in total. The van der Waals surface area contributed by atoms with Crippen molar-refractivity contribution in [3.63, 3.8) is 0 Å². The highest BCUT2D eigenvalue weighted by Crippen LogP contribution is 2.43. The van der Waals surface area contributed by atoms with Gasteiger partial charge in [-0.3, -0.25) is 4.79 Å². The van der Waals surface area contributed by atoms with Crippen molar-refractivity contribution in [3.8, 4) is 28.4 Å². The van der Waals surface area contributed by atoms with Crippen LogP contribution in [0.2, 0.25) is 0 Å². The molecule has 0 saturated carbocycles. The number of hydrogen-bond acceptors (Lipinski definition) is 6. The predicted octanol–water partition coefficient (Wildman–Crippen LogP) is 4.70. The summed E-state index contributed by atoms with van der Waals surface area (Å²) < 4.78 is 23.1. The van der Waals surface area contributed by atoms with E-state index in [9.17, 15) is 4.79 Å². The lowest BCUT2D eigenvalue weighted by atomic mass is 10.0. The van der Waals surface area contributed by atoms with Crippen molar-refractivity contribution in [1.29, 1.82) is 0 Å². The summed E-state index contributed by atoms with van der Waals surface area (Å²) in [5.74, 6) is 1.10. The van der Waals surface area contributed by atoms with Crippen LogP contribution in [0.25, 0.3) is 32.2 Å². The molecule has 0 fully saturated rings. The van der Waals surface area contributed by atoms with Crippen molar-refractivity contribution in [3.05, 3.63) is 52.2 Å². The van der Waals surface area contributed by atoms with Gasteiger partial charge in [0.15, 0.2) is 11.5 Å². The molecule has 4 rings (SSSR count). The molecule has 0 saturated heterocycles. The predicted molar refractivity (Wildman–Crippen MR) is 103 cm³/mol. The molecular formula is C20H16O5S. The van der Waals surface area contributed by atoms with Gasteiger partial charge in [-0.25, -0.2) is 0 Å². The van der Waals surface area contributed by atoms with Crippen LogP contribution in [-0.4, -0.2) is 21.3 Å². The molecular weight excluding hydrogens is 352 g/mol. The van der Waals surface area contributed by atoms with E-state index >= 15 is 0 Å². The Morgan fingerprint density at radius 3 is 2.46 bits per heavy atom. The zero-order valence-electron chi connectivity index (χ0n) is 14.5. The molecule has 26 heavy (non-hydrogen) atoms. The number of rotatable bonds is 4. The Bertz CT molecular complexity index is 1170. The molecule has 0 aliphatic heterocycles. The first-order chi connectivity index (χ1) is 12.7. The van der Waals surface area contributed by atoms with Crippen molar-refractivity contribution in [2.75, 3.05) is 21.3 Å². The number of fused-ring (bicyclic) bond motifs is 2. The average Bonchev–Trinajstić information content (AvgIpc) is 3.10. The van der Waals surface area contributed by atoms with Gasteiger partial charge >= 0.3 is 0 Å². The fraction of sp³-hybridized carbons (Fsp3) is 0.150. The van der Waals surface area contributed by atoms with Crippen molar-refractivity contribution in [1.82, 2.24) is 0 Å². The lowest BCUT2D eigenvalue weighted by Gasteiger charge is -2.14. The summed E-state index contributed by atoms with van der Waals surface area (Å²) in [7, 11) is 4.51. The Hall–Kier alpha value is -2.99. The Kier molecular flexibility index (Phi) is 4.05. The van der Waals surface area contributed by atoms with Gasteiger partial charge in [0, 0.05) is 27.1 Å². The van der Waals surface area contributed by atoms with E-state index in [2.05, 4.69) is 0 Å². The van der Waals surface area contributed by atoms with Crippen LogP contribution >= 0.6 is 11.3 Å². The second-order valence-electron chi connectivity index (χ2n) is 5.64. The van der Waals surface area contributed by atoms with E-state index in [4.69, 9.17) is 18.6 Å². The van der Waals surface area contributed by atoms with Crippen molar-refractivity contribution in [2.45, 2.75) is 0 Å². The minimum absolute atomic E-state index is 0.174. The van der Waals surface area contributed by atoms with Crippen LogP contribution in [-0.2, 0) is 0 Å². The fourth-order valence-corrected chi connectivity index (χ4v) is 4.09. The molecule has 0 aliphatic carbocycles. The molecule has 0 atom stereocenters. The zero-order valence-corrected chi connectivity index (χ0v) is 15.3. The van der Waals surface area contributed by atoms with Gasteiger partial charge in [-0.15, -0.1) is 11.3 Å². The Labute approximate surface area is 153 Å². The highest BCUT2D eigenvalue weighted by Gasteiger charge is 2.22. The second-order valence-corrected chi connectivity index (χ2v) is 6.55. The number of benzene rings is 2. The van der Waals surface area contributed by atoms with Crippen LogP contribution < -0.4 is 19.6 Å². The molecule has 0 unspecified atom stereocenters. The highest BCUT2D eigenvalue weighted by atomic mass is 32.1. The second kappa shape index (κ2) is 6.38. The molecule has 6 heteroatoms. The molecule has 2 aromatic carbocycles. The fourth-order valence-electron chi connectivity index (χ4n) is 3.12. The van der Waals surface area contributed by atoms with Gasteiger partial charge in [-0.1, -0.05) is 18.2 Å². The number of ether oxygens (including phenoxy) is 3. The maximum Gasteiger partial charge on any atom is 0.204 e. The van der Waals surface area contributed by atoms with Crippen LogP contribution in [0.15, 0.2) is 51.2 Å². The highest BCUT2D eigenvalue weighted by molar-refractivity contribution is 7.17. The molecule has 0 N–H and O–H groups in total. The standard InChI is InChI=1S/C20H16O5S/c1-22-15-8-14-17(20(24-3)19(15)23-2)18(21)12(9-25-14)13-10-26-16-7-5-4-6-11(13)16/h4-10H,1-3H3. The van der Waals surface area contributed by atoms with Gasteiger partial charge in [0.1, 0.15) is 17.2 Å². The van der Waals surface area contributed by atoms with E-state index in [0.29, 0.717) is 33.8 Å². The van der Waals surface area contributed by atoms with Gasteiger partial charge in [-0.05, 0) is 6.07 Å². The van der Waals surface area contributed by atoms with Crippen LogP contribution in [0.5, 0.6) is 17.2 Å². The third kappa shape index (κ3) is 2.34. The van der Waals surface area contributed by atoms with Crippen LogP contribution in [0, 0.1) is 0 Å². The topological polar surface area (TPSA) is 57.9 Å². The van der Waals surface area contributed by atoms with Gasteiger partial charge in [-0.2, -0.15) is 0 Å². The van der Waals surface area contributed by atoms with E-state index in [-0.39, 0.29) is 5.43 Å². The van der Waals surface area contributed by atoms with Crippen molar-refractivity contribution in [2.24, 2.45) is 0 Å². The van der Waals surface area contributed by atoms with Crippen LogP contribution in [0.1, 0.15) is 0 Å². The van der Waals surface area contributed by atoms with Gasteiger partial charge in [0.05, 0.1) is 26.9 Å². The minimum Gasteiger partial charge on any atom is -0.493 e. The Balaban J connectivity index is 2.08. The van der Waals surface area contributed by atoms with E-state index < -0.39 is 0 Å². The smallest absolute Gasteiger partial charge is 0.204 e. The molecule has 2 heterocycles. The van der Waals surface area contributed by atoms with Crippen molar-refractivity contribution < 1.29 is 18.6 Å². The van der Waals surface area contributed by atoms with Crippen molar-refractivity contribution >= 4 is 32.4 Å². The maximum absolute atomic E-state index is 13.3. The number of thiophene rings is 1. The Morgan fingerprint density at radius 1 is 0.962 bits per heavy atom. The van der Waals surface area contributed by atoms with Gasteiger partial charge in [0.25, 0.3) is 0 Å². The molecule has 0 spiro atoms. The van der Waals surface area contributed by atoms with E-state index in [1.54, 1.807) is 17.4 Å². The summed E-state index contributed by atoms with van der Waals surface area (Å²) >= 11 is 1.59. The number of hydrogen-bond donors (Lipinski definition) is 0. The largest absolute Gasteiger partial charge is 0.493 e. The molecule has 132 valence electrons. The molecule has 0 amide bonds. The normalized spacial score (nSPS) is 11.0. The SMILES string of the molecule is COc1cc2occ(-c3csc4ccccc34)c(=O)c2c(OC)c1OC. The summed E-state index contributed by atoms with van der Waals surface area (Å²) in [6, 6.07) is 9.59. The summed E-state index contributed by atoms with van der Waals surface area (Å²) in [5, 5.41) is 3.32. The summed E-state index contributed by atoms with van der Waals surface area (Å²) in [6.07, 6.45) is 1.49. The third-order valence-electron chi connectivity index (χ3n) is 4.34. The molecule has 0 bridgehead atoms. The molecule has 0 aliphatic rings. The summed E-state index contributed by atoms with van der Waals surface area (Å²) in [6.45, 7) is 0. The van der Waals surface area contributed by atoms with E-state index in [1.807, 2.05) is 29.6 Å². The minimum atomic E-state index is -0.174. The third-order valence-corrected chi connectivity index (χ3v) is 5.30. The van der Waals surface area contributed by atoms with Crippen LogP contribution in [0.3, 0.4) is 0 Å². The quantitative estimate of drug-likeness (QED) is 0.522. The average molecular weight is 368 g/mol. The van der Waals surface area contributed by atoms with E-state index in [1.165, 1.54) is 27.6 Å². The first-order valence-electron chi connectivity index (χ1n) is 7.90. The lowest BCUT2D eigenvalue weighted by Crippen LogP contribution is -2.07. The first-order valence-corrected chi connectivity index (χ1v) is 8.78. The molecule has 0 radical (unpaired) electrons. The van der Waals surface area contributed by atoms with Gasteiger partial charge in [0.2, 0.25) is 11.2 Å². The monoisotopic (exact) mass is 368 g/mol. The Morgan fingerprint density at radius 2 is 1.73 bits per heavy atom. The first kappa shape index (κ1) is 16.5. The molecule has 2 aromatic heterocycles. The zero-order chi connectivity index (χ0) is 18.3. The van der Waals surface area contributed by atoms with E-state index in [0.717, 1.165) is 15.6 Å². The van der Waals surface area contributed by atoms with Crippen LogP contribution in [0.4, 0.5) is 0 Å².